The summed E-state index contributed by atoms with van der Waals surface area (Å²) in [5.74, 6) is -1.29. The van der Waals surface area contributed by atoms with Crippen LogP contribution in [-0.2, 0) is 4.74 Å². The predicted molar refractivity (Wildman–Crippen MR) is 100 cm³/mol. The fourth-order valence-electron chi connectivity index (χ4n) is 3.04. The van der Waals surface area contributed by atoms with Crippen LogP contribution in [0.15, 0.2) is 42.5 Å². The molecule has 2 aromatic carbocycles. The molecular formula is C19H19N3O5. The molecule has 3 rings (SSSR count). The summed E-state index contributed by atoms with van der Waals surface area (Å²) in [5.41, 5.74) is 1.20. The van der Waals surface area contributed by atoms with Crippen LogP contribution in [0.2, 0.25) is 0 Å². The zero-order valence-corrected chi connectivity index (χ0v) is 14.8. The quantitative estimate of drug-likeness (QED) is 0.493. The zero-order valence-electron chi connectivity index (χ0n) is 14.8. The fraction of sp³-hybridized carbons (Fsp3) is 0.263. The number of methoxy groups -OCH3 is 1. The molecule has 1 amide bonds. The molecule has 0 aromatic heterocycles. The topological polar surface area (TPSA) is 102 Å². The molecule has 0 spiro atoms. The van der Waals surface area contributed by atoms with Crippen molar-refractivity contribution < 1.29 is 19.2 Å². The Labute approximate surface area is 155 Å². The summed E-state index contributed by atoms with van der Waals surface area (Å²) in [5, 5.41) is 13.8. The second-order valence-corrected chi connectivity index (χ2v) is 6.22. The first kappa shape index (κ1) is 18.4. The lowest BCUT2D eigenvalue weighted by Gasteiger charge is -2.18. The van der Waals surface area contributed by atoms with Gasteiger partial charge in [0, 0.05) is 42.2 Å². The van der Waals surface area contributed by atoms with Gasteiger partial charge in [-0.15, -0.1) is 0 Å². The average Bonchev–Trinajstić information content (AvgIpc) is 3.22. The van der Waals surface area contributed by atoms with E-state index in [1.54, 1.807) is 6.07 Å². The van der Waals surface area contributed by atoms with Gasteiger partial charge in [0.05, 0.1) is 17.6 Å². The number of carbonyl (C=O) groups is 2. The van der Waals surface area contributed by atoms with Crippen molar-refractivity contribution in [3.05, 3.63) is 63.7 Å². The van der Waals surface area contributed by atoms with Crippen LogP contribution in [0.5, 0.6) is 0 Å². The highest BCUT2D eigenvalue weighted by molar-refractivity contribution is 6.06. The second-order valence-electron chi connectivity index (χ2n) is 6.22. The van der Waals surface area contributed by atoms with Crippen LogP contribution < -0.4 is 10.2 Å². The summed E-state index contributed by atoms with van der Waals surface area (Å²) >= 11 is 0. The van der Waals surface area contributed by atoms with Gasteiger partial charge in [0.15, 0.2) is 0 Å². The lowest BCUT2D eigenvalue weighted by atomic mass is 10.1. The van der Waals surface area contributed by atoms with Crippen LogP contribution in [0.3, 0.4) is 0 Å². The van der Waals surface area contributed by atoms with E-state index in [-0.39, 0.29) is 16.8 Å². The van der Waals surface area contributed by atoms with Gasteiger partial charge in [0.25, 0.3) is 11.6 Å². The average molecular weight is 369 g/mol. The summed E-state index contributed by atoms with van der Waals surface area (Å²) < 4.78 is 4.60. The maximum Gasteiger partial charge on any atom is 0.338 e. The van der Waals surface area contributed by atoms with Gasteiger partial charge in [0.1, 0.15) is 0 Å². The van der Waals surface area contributed by atoms with Crippen LogP contribution in [0.1, 0.15) is 33.6 Å². The molecule has 0 atom stereocenters. The highest BCUT2D eigenvalue weighted by Gasteiger charge is 2.19. The Kier molecular flexibility index (Phi) is 5.35. The standard InChI is InChI=1S/C19H19N3O5/c1-27-19(24)14-9-13(10-17(11-14)22(25)26)18(23)20-15-5-4-6-16(12-15)21-7-2-3-8-21/h4-6,9-12H,2-3,7-8H2,1H3,(H,20,23). The maximum atomic E-state index is 12.6. The maximum absolute atomic E-state index is 12.6. The van der Waals surface area contributed by atoms with E-state index < -0.39 is 16.8 Å². The van der Waals surface area contributed by atoms with Crippen molar-refractivity contribution in [2.45, 2.75) is 12.8 Å². The first-order valence-corrected chi connectivity index (χ1v) is 8.52. The van der Waals surface area contributed by atoms with Gasteiger partial charge in [-0.1, -0.05) is 6.07 Å². The summed E-state index contributed by atoms with van der Waals surface area (Å²) in [6, 6.07) is 10.9. The minimum atomic E-state index is -0.746. The second kappa shape index (κ2) is 7.86. The lowest BCUT2D eigenvalue weighted by Crippen LogP contribution is -2.18. The van der Waals surface area contributed by atoms with Gasteiger partial charge in [-0.25, -0.2) is 4.79 Å². The Bertz CT molecular complexity index is 891. The van der Waals surface area contributed by atoms with E-state index >= 15 is 0 Å². The van der Waals surface area contributed by atoms with Gasteiger partial charge in [-0.2, -0.15) is 0 Å². The molecule has 140 valence electrons. The van der Waals surface area contributed by atoms with Crippen LogP contribution in [-0.4, -0.2) is 37.0 Å². The molecule has 0 unspecified atom stereocenters. The molecule has 2 aromatic rings. The predicted octanol–water partition coefficient (Wildman–Crippen LogP) is 3.23. The van der Waals surface area contributed by atoms with Crippen LogP contribution >= 0.6 is 0 Å². The van der Waals surface area contributed by atoms with E-state index in [1.807, 2.05) is 18.2 Å². The van der Waals surface area contributed by atoms with E-state index in [4.69, 9.17) is 0 Å². The highest BCUT2D eigenvalue weighted by Crippen LogP contribution is 2.24. The Morgan fingerprint density at radius 3 is 2.48 bits per heavy atom. The number of nitro benzene ring substituents is 1. The molecule has 0 radical (unpaired) electrons. The minimum Gasteiger partial charge on any atom is -0.465 e. The largest absolute Gasteiger partial charge is 0.465 e. The molecule has 1 aliphatic rings. The van der Waals surface area contributed by atoms with Crippen molar-refractivity contribution in [3.8, 4) is 0 Å². The normalized spacial score (nSPS) is 13.3. The highest BCUT2D eigenvalue weighted by atomic mass is 16.6. The first-order valence-electron chi connectivity index (χ1n) is 8.52. The third-order valence-corrected chi connectivity index (χ3v) is 4.39. The first-order chi connectivity index (χ1) is 13.0. The Balaban J connectivity index is 1.85. The summed E-state index contributed by atoms with van der Waals surface area (Å²) in [7, 11) is 1.17. The molecule has 1 aliphatic heterocycles. The smallest absolute Gasteiger partial charge is 0.338 e. The number of esters is 1. The van der Waals surface area contributed by atoms with E-state index in [1.165, 1.54) is 13.2 Å². The molecule has 0 bridgehead atoms. The number of anilines is 2. The van der Waals surface area contributed by atoms with Crippen molar-refractivity contribution in [2.24, 2.45) is 0 Å². The van der Waals surface area contributed by atoms with Gasteiger partial charge in [-0.3, -0.25) is 14.9 Å². The summed E-state index contributed by atoms with van der Waals surface area (Å²) in [6.45, 7) is 1.95. The van der Waals surface area contributed by atoms with E-state index in [0.29, 0.717) is 5.69 Å². The number of carbonyl (C=O) groups excluding carboxylic acids is 2. The van der Waals surface area contributed by atoms with Gasteiger partial charge >= 0.3 is 5.97 Å². The number of nitro groups is 1. The lowest BCUT2D eigenvalue weighted by molar-refractivity contribution is -0.384. The number of nitrogens with zero attached hydrogens (tertiary/aromatic N) is 2. The third kappa shape index (κ3) is 4.22. The molecule has 8 nitrogen and oxygen atoms in total. The number of benzene rings is 2. The monoisotopic (exact) mass is 369 g/mol. The van der Waals surface area contributed by atoms with Crippen molar-refractivity contribution in [2.75, 3.05) is 30.4 Å². The van der Waals surface area contributed by atoms with Crippen molar-refractivity contribution >= 4 is 28.9 Å². The van der Waals surface area contributed by atoms with Crippen LogP contribution in [0.25, 0.3) is 0 Å². The van der Waals surface area contributed by atoms with Crippen molar-refractivity contribution in [1.82, 2.24) is 0 Å². The third-order valence-electron chi connectivity index (χ3n) is 4.39. The molecule has 0 aliphatic carbocycles. The van der Waals surface area contributed by atoms with Crippen molar-refractivity contribution in [3.63, 3.8) is 0 Å². The Hall–Kier alpha value is -3.42. The van der Waals surface area contributed by atoms with E-state index in [9.17, 15) is 19.7 Å². The number of hydrogen-bond donors (Lipinski definition) is 1. The number of nitrogens with one attached hydrogen (secondary N) is 1. The van der Waals surface area contributed by atoms with E-state index in [0.717, 1.165) is 43.8 Å². The number of hydrogen-bond acceptors (Lipinski definition) is 6. The SMILES string of the molecule is COC(=O)c1cc(C(=O)Nc2cccc(N3CCCC3)c2)cc([N+](=O)[O-])c1. The molecule has 1 heterocycles. The molecule has 8 heteroatoms. The van der Waals surface area contributed by atoms with Gasteiger partial charge < -0.3 is 15.0 Å². The zero-order chi connectivity index (χ0) is 19.4. The summed E-state index contributed by atoms with van der Waals surface area (Å²) in [4.78, 5) is 37.0. The summed E-state index contributed by atoms with van der Waals surface area (Å²) in [6.07, 6.45) is 2.28. The minimum absolute atomic E-state index is 0.0103. The Morgan fingerprint density at radius 2 is 1.81 bits per heavy atom. The molecular weight excluding hydrogens is 350 g/mol. The molecule has 27 heavy (non-hydrogen) atoms. The van der Waals surface area contributed by atoms with Gasteiger partial charge in [0.2, 0.25) is 0 Å². The fourth-order valence-corrected chi connectivity index (χ4v) is 3.04. The number of rotatable bonds is 5. The van der Waals surface area contributed by atoms with E-state index in [2.05, 4.69) is 15.0 Å². The number of ether oxygens (including phenoxy) is 1. The molecule has 0 saturated carbocycles. The van der Waals surface area contributed by atoms with Crippen LogP contribution in [0, 0.1) is 10.1 Å². The van der Waals surface area contributed by atoms with Crippen LogP contribution in [0.4, 0.5) is 17.1 Å². The molecule has 1 fully saturated rings. The van der Waals surface area contributed by atoms with Crippen molar-refractivity contribution in [1.29, 1.82) is 0 Å². The number of amides is 1. The molecule has 1 saturated heterocycles. The van der Waals surface area contributed by atoms with Gasteiger partial charge in [-0.05, 0) is 37.1 Å². The molecule has 1 N–H and O–H groups in total. The number of non-ortho nitro benzene ring substituents is 1. The Morgan fingerprint density at radius 1 is 1.11 bits per heavy atom.